The van der Waals surface area contributed by atoms with E-state index in [1.807, 2.05) is 37.3 Å². The van der Waals surface area contributed by atoms with Crippen LogP contribution in [0.25, 0.3) is 11.1 Å². The molecule has 4 rings (SSSR count). The number of nitriles is 1. The zero-order valence-corrected chi connectivity index (χ0v) is 18.1. The second-order valence-electron chi connectivity index (χ2n) is 8.21. The highest BCUT2D eigenvalue weighted by Gasteiger charge is 2.33. The van der Waals surface area contributed by atoms with Gasteiger partial charge in [0.05, 0.1) is 23.2 Å². The Labute approximate surface area is 190 Å². The van der Waals surface area contributed by atoms with Crippen LogP contribution in [0.3, 0.4) is 0 Å². The zero-order valence-electron chi connectivity index (χ0n) is 18.1. The first-order valence-electron chi connectivity index (χ1n) is 10.6. The summed E-state index contributed by atoms with van der Waals surface area (Å²) in [7, 11) is 0. The van der Waals surface area contributed by atoms with Crippen molar-refractivity contribution in [3.63, 3.8) is 0 Å². The number of anilines is 2. The molecule has 3 aromatic carbocycles. The topological polar surface area (TPSA) is 56.1 Å². The van der Waals surface area contributed by atoms with Gasteiger partial charge in [-0.2, -0.15) is 18.4 Å². The smallest absolute Gasteiger partial charge is 0.378 e. The molecular formula is C26H22F3N3O. The van der Waals surface area contributed by atoms with Gasteiger partial charge < -0.3 is 10.2 Å². The maximum atomic E-state index is 12.9. The molecule has 1 aliphatic heterocycles. The molecular weight excluding hydrogens is 427 g/mol. The number of alkyl halides is 3. The van der Waals surface area contributed by atoms with Crippen molar-refractivity contribution in [3.8, 4) is 17.2 Å². The van der Waals surface area contributed by atoms with E-state index in [0.717, 1.165) is 34.5 Å². The Balaban J connectivity index is 1.72. The van der Waals surface area contributed by atoms with Crippen molar-refractivity contribution in [2.24, 2.45) is 0 Å². The van der Waals surface area contributed by atoms with Crippen LogP contribution in [-0.2, 0) is 11.0 Å². The highest BCUT2D eigenvalue weighted by molar-refractivity contribution is 5.94. The molecule has 168 valence electrons. The average Bonchev–Trinajstić information content (AvgIpc) is 2.78. The summed E-state index contributed by atoms with van der Waals surface area (Å²) in [5, 5.41) is 12.4. The Hall–Kier alpha value is -3.79. The van der Waals surface area contributed by atoms with Gasteiger partial charge in [0.15, 0.2) is 0 Å². The maximum Gasteiger partial charge on any atom is 0.416 e. The van der Waals surface area contributed by atoms with E-state index in [0.29, 0.717) is 17.7 Å². The van der Waals surface area contributed by atoms with Crippen LogP contribution in [0.15, 0.2) is 66.7 Å². The predicted octanol–water partition coefficient (Wildman–Crippen LogP) is 6.54. The number of fused-ring (bicyclic) bond motifs is 1. The van der Waals surface area contributed by atoms with Gasteiger partial charge in [0.2, 0.25) is 5.91 Å². The molecule has 2 atom stereocenters. The van der Waals surface area contributed by atoms with E-state index < -0.39 is 11.7 Å². The Morgan fingerprint density at radius 1 is 1.03 bits per heavy atom. The molecule has 0 fully saturated rings. The number of rotatable bonds is 3. The van der Waals surface area contributed by atoms with Crippen LogP contribution >= 0.6 is 0 Å². The molecule has 1 heterocycles. The van der Waals surface area contributed by atoms with Crippen LogP contribution in [0, 0.1) is 11.3 Å². The molecule has 0 saturated carbocycles. The molecule has 1 N–H and O–H groups in total. The fourth-order valence-corrected chi connectivity index (χ4v) is 4.35. The van der Waals surface area contributed by atoms with Gasteiger partial charge in [-0.05, 0) is 78.6 Å². The van der Waals surface area contributed by atoms with E-state index in [1.165, 1.54) is 19.1 Å². The third-order valence-corrected chi connectivity index (χ3v) is 5.92. The summed E-state index contributed by atoms with van der Waals surface area (Å²) >= 11 is 0. The molecule has 0 saturated heterocycles. The van der Waals surface area contributed by atoms with Crippen molar-refractivity contribution in [1.29, 1.82) is 5.26 Å². The minimum atomic E-state index is -4.39. The van der Waals surface area contributed by atoms with Gasteiger partial charge in [-0.15, -0.1) is 0 Å². The number of nitrogens with zero attached hydrogens (tertiary/aromatic N) is 2. The first-order chi connectivity index (χ1) is 15.7. The number of carbonyl (C=O) groups excluding carboxylic acids is 1. The molecule has 0 aromatic heterocycles. The Morgan fingerprint density at radius 3 is 2.24 bits per heavy atom. The summed E-state index contributed by atoms with van der Waals surface area (Å²) < 4.78 is 38.8. The molecule has 0 radical (unpaired) electrons. The highest BCUT2D eigenvalue weighted by Crippen LogP contribution is 2.41. The lowest BCUT2D eigenvalue weighted by atomic mass is 9.88. The first kappa shape index (κ1) is 22.4. The second-order valence-corrected chi connectivity index (χ2v) is 8.21. The van der Waals surface area contributed by atoms with E-state index in [-0.39, 0.29) is 18.0 Å². The van der Waals surface area contributed by atoms with Crippen molar-refractivity contribution in [3.05, 3.63) is 83.4 Å². The molecule has 0 spiro atoms. The molecule has 4 nitrogen and oxygen atoms in total. The van der Waals surface area contributed by atoms with Crippen molar-refractivity contribution in [2.75, 3.05) is 10.2 Å². The summed E-state index contributed by atoms with van der Waals surface area (Å²) in [6.07, 6.45) is -3.78. The van der Waals surface area contributed by atoms with Crippen molar-refractivity contribution >= 4 is 17.3 Å². The van der Waals surface area contributed by atoms with Crippen LogP contribution in [0.5, 0.6) is 0 Å². The summed E-state index contributed by atoms with van der Waals surface area (Å²) in [5.41, 5.74) is 3.97. The normalized spacial score (nSPS) is 17.8. The summed E-state index contributed by atoms with van der Waals surface area (Å²) in [6.45, 7) is 3.48. The van der Waals surface area contributed by atoms with Gasteiger partial charge in [0, 0.05) is 24.3 Å². The van der Waals surface area contributed by atoms with Crippen LogP contribution in [0.4, 0.5) is 24.5 Å². The quantitative estimate of drug-likeness (QED) is 0.494. The molecule has 0 aliphatic carbocycles. The Morgan fingerprint density at radius 2 is 1.67 bits per heavy atom. The summed E-state index contributed by atoms with van der Waals surface area (Å²) in [5.74, 6) is -0.0668. The Kier molecular flexibility index (Phi) is 5.86. The summed E-state index contributed by atoms with van der Waals surface area (Å²) in [6, 6.07) is 19.9. The number of halogens is 3. The molecule has 0 bridgehead atoms. The third kappa shape index (κ3) is 4.56. The first-order valence-corrected chi connectivity index (χ1v) is 10.6. The SMILES string of the molecule is CC(=O)N1c2ccc(-c3ccc(C#N)cc3)cc2[C@@H](Nc2ccc(C(F)(F)F)cc2)C[C@H]1C. The van der Waals surface area contributed by atoms with Gasteiger partial charge in [-0.1, -0.05) is 18.2 Å². The maximum absolute atomic E-state index is 12.9. The lowest BCUT2D eigenvalue weighted by molar-refractivity contribution is -0.137. The van der Waals surface area contributed by atoms with E-state index in [2.05, 4.69) is 11.4 Å². The molecule has 1 aliphatic rings. The summed E-state index contributed by atoms with van der Waals surface area (Å²) in [4.78, 5) is 14.1. The minimum Gasteiger partial charge on any atom is -0.378 e. The second kappa shape index (κ2) is 8.62. The van der Waals surface area contributed by atoms with Crippen LogP contribution in [-0.4, -0.2) is 11.9 Å². The third-order valence-electron chi connectivity index (χ3n) is 5.92. The van der Waals surface area contributed by atoms with E-state index in [9.17, 15) is 18.0 Å². The number of hydrogen-bond acceptors (Lipinski definition) is 3. The minimum absolute atomic E-state index is 0.0668. The molecule has 33 heavy (non-hydrogen) atoms. The van der Waals surface area contributed by atoms with E-state index in [4.69, 9.17) is 5.26 Å². The standard InChI is InChI=1S/C26H22F3N3O/c1-16-13-24(31-22-10-8-21(9-11-22)26(27,28)29)23-14-20(7-12-25(23)32(16)17(2)33)19-5-3-18(15-30)4-6-19/h3-12,14,16,24,31H,13H2,1-2H3/t16-,24+/m1/s1. The van der Waals surface area contributed by atoms with Crippen molar-refractivity contribution < 1.29 is 18.0 Å². The van der Waals surface area contributed by atoms with E-state index in [1.54, 1.807) is 17.0 Å². The molecule has 7 heteroatoms. The number of benzene rings is 3. The number of hydrogen-bond donors (Lipinski definition) is 1. The van der Waals surface area contributed by atoms with Crippen molar-refractivity contribution in [1.82, 2.24) is 0 Å². The number of amides is 1. The van der Waals surface area contributed by atoms with Crippen LogP contribution in [0.2, 0.25) is 0 Å². The lowest BCUT2D eigenvalue weighted by Crippen LogP contribution is -2.43. The lowest BCUT2D eigenvalue weighted by Gasteiger charge is -2.39. The largest absolute Gasteiger partial charge is 0.416 e. The van der Waals surface area contributed by atoms with Gasteiger partial charge in [-0.3, -0.25) is 4.79 Å². The fourth-order valence-electron chi connectivity index (χ4n) is 4.35. The van der Waals surface area contributed by atoms with Gasteiger partial charge in [0.1, 0.15) is 0 Å². The molecule has 0 unspecified atom stereocenters. The monoisotopic (exact) mass is 449 g/mol. The Bertz CT molecular complexity index is 1210. The highest BCUT2D eigenvalue weighted by atomic mass is 19.4. The van der Waals surface area contributed by atoms with Gasteiger partial charge in [0.25, 0.3) is 0 Å². The number of nitrogens with one attached hydrogen (secondary N) is 1. The molecule has 3 aromatic rings. The zero-order chi connectivity index (χ0) is 23.8. The van der Waals surface area contributed by atoms with Crippen molar-refractivity contribution in [2.45, 2.75) is 38.5 Å². The molecule has 1 amide bonds. The average molecular weight is 449 g/mol. The van der Waals surface area contributed by atoms with Gasteiger partial charge >= 0.3 is 6.18 Å². The number of carbonyl (C=O) groups is 1. The van der Waals surface area contributed by atoms with Gasteiger partial charge in [-0.25, -0.2) is 0 Å². The predicted molar refractivity (Wildman–Crippen MR) is 122 cm³/mol. The van der Waals surface area contributed by atoms with E-state index >= 15 is 0 Å². The fraction of sp³-hybridized carbons (Fsp3) is 0.231. The van der Waals surface area contributed by atoms with Crippen LogP contribution < -0.4 is 10.2 Å². The van der Waals surface area contributed by atoms with Crippen LogP contribution in [0.1, 0.15) is 43.0 Å².